The Labute approximate surface area is 127 Å². The number of hydrogen-bond acceptors (Lipinski definition) is 6. The minimum atomic E-state index is -0.664. The first kappa shape index (κ1) is 14.0. The highest BCUT2D eigenvalue weighted by Gasteiger charge is 2.11. The predicted octanol–water partition coefficient (Wildman–Crippen LogP) is 3.40. The van der Waals surface area contributed by atoms with Gasteiger partial charge in [-0.05, 0) is 18.2 Å². The number of H-pyrrole nitrogens is 1. The largest absolute Gasteiger partial charge is 0.433 e. The minimum absolute atomic E-state index is 0.130. The number of nitrogens with one attached hydrogen (secondary N) is 1. The molecule has 110 valence electrons. The van der Waals surface area contributed by atoms with Gasteiger partial charge in [-0.25, -0.2) is 9.98 Å². The van der Waals surface area contributed by atoms with Gasteiger partial charge in [0.05, 0.1) is 23.3 Å². The molecule has 3 rings (SSSR count). The third kappa shape index (κ3) is 3.04. The summed E-state index contributed by atoms with van der Waals surface area (Å²) in [6.45, 7) is 0. The second-order valence-electron chi connectivity index (χ2n) is 4.12. The molecule has 2 heterocycles. The lowest BCUT2D eigenvalue weighted by molar-refractivity contribution is -0.402. The molecule has 0 bridgehead atoms. The van der Waals surface area contributed by atoms with Crippen molar-refractivity contribution in [2.24, 2.45) is 4.99 Å². The minimum Gasteiger partial charge on any atom is -0.400 e. The smallest absolute Gasteiger partial charge is 0.400 e. The van der Waals surface area contributed by atoms with Crippen LogP contribution in [0.4, 0.5) is 10.7 Å². The Morgan fingerprint density at radius 2 is 2.18 bits per heavy atom. The molecule has 0 aliphatic heterocycles. The van der Waals surface area contributed by atoms with E-state index in [-0.39, 0.29) is 5.76 Å². The Kier molecular flexibility index (Phi) is 3.71. The zero-order valence-electron chi connectivity index (χ0n) is 10.9. The number of rotatable bonds is 3. The lowest BCUT2D eigenvalue weighted by Crippen LogP contribution is -1.87. The van der Waals surface area contributed by atoms with Crippen LogP contribution < -0.4 is 0 Å². The monoisotopic (exact) mass is 316 g/mol. The first-order valence-corrected chi connectivity index (χ1v) is 6.88. The van der Waals surface area contributed by atoms with E-state index in [1.807, 2.05) is 24.3 Å². The maximum Gasteiger partial charge on any atom is 0.433 e. The Morgan fingerprint density at radius 1 is 1.36 bits per heavy atom. The number of aromatic nitrogens is 2. The summed E-state index contributed by atoms with van der Waals surface area (Å²) < 4.78 is 4.86. The van der Waals surface area contributed by atoms with Crippen molar-refractivity contribution in [2.45, 2.75) is 5.16 Å². The number of hydrogen-bond donors (Lipinski definition) is 1. The molecule has 8 nitrogen and oxygen atoms in total. The molecule has 1 amide bonds. The molecule has 0 spiro atoms. The maximum atomic E-state index is 11.7. The number of fused-ring (bicyclic) bond motifs is 1. The number of furan rings is 1. The third-order valence-electron chi connectivity index (χ3n) is 2.64. The van der Waals surface area contributed by atoms with Crippen LogP contribution in [-0.4, -0.2) is 26.3 Å². The van der Waals surface area contributed by atoms with Gasteiger partial charge >= 0.3 is 11.1 Å². The van der Waals surface area contributed by atoms with E-state index in [1.54, 1.807) is 0 Å². The fraction of sp³-hybridized carbons (Fsp3) is 0. The summed E-state index contributed by atoms with van der Waals surface area (Å²) in [4.78, 5) is 32.4. The Morgan fingerprint density at radius 3 is 2.91 bits per heavy atom. The zero-order chi connectivity index (χ0) is 15.5. The van der Waals surface area contributed by atoms with Crippen molar-refractivity contribution in [2.75, 3.05) is 0 Å². The lowest BCUT2D eigenvalue weighted by atomic mass is 10.3. The van der Waals surface area contributed by atoms with Gasteiger partial charge in [0, 0.05) is 11.8 Å². The fourth-order valence-corrected chi connectivity index (χ4v) is 2.29. The van der Waals surface area contributed by atoms with Gasteiger partial charge in [-0.1, -0.05) is 12.1 Å². The molecule has 22 heavy (non-hydrogen) atoms. The molecule has 2 aromatic heterocycles. The highest BCUT2D eigenvalue weighted by molar-refractivity contribution is 8.13. The molecule has 0 aliphatic carbocycles. The number of aliphatic imine (C=N–C) groups is 1. The second kappa shape index (κ2) is 5.82. The molecule has 0 aliphatic rings. The molecule has 0 saturated heterocycles. The molecule has 9 heteroatoms. The highest BCUT2D eigenvalue weighted by atomic mass is 32.2. The second-order valence-corrected chi connectivity index (χ2v) is 5.06. The van der Waals surface area contributed by atoms with Crippen LogP contribution in [0, 0.1) is 10.1 Å². The summed E-state index contributed by atoms with van der Waals surface area (Å²) in [5.41, 5.74) is 1.58. The van der Waals surface area contributed by atoms with Gasteiger partial charge in [-0.15, -0.1) is 0 Å². The van der Waals surface area contributed by atoms with Gasteiger partial charge in [0.15, 0.2) is 10.9 Å². The van der Waals surface area contributed by atoms with Gasteiger partial charge in [0.25, 0.3) is 0 Å². The Balaban J connectivity index is 1.68. The fourth-order valence-electron chi connectivity index (χ4n) is 1.71. The van der Waals surface area contributed by atoms with Crippen molar-refractivity contribution < 1.29 is 14.1 Å². The lowest BCUT2D eigenvalue weighted by Gasteiger charge is -1.89. The quantitative estimate of drug-likeness (QED) is 0.343. The van der Waals surface area contributed by atoms with Crippen LogP contribution in [-0.2, 0) is 0 Å². The Bertz CT molecular complexity index is 850. The van der Waals surface area contributed by atoms with Gasteiger partial charge in [-0.3, -0.25) is 14.9 Å². The van der Waals surface area contributed by atoms with Crippen molar-refractivity contribution in [3.63, 3.8) is 0 Å². The topological polar surface area (TPSA) is 114 Å². The number of benzene rings is 1. The summed E-state index contributed by atoms with van der Waals surface area (Å²) >= 11 is 0.823. The highest BCUT2D eigenvalue weighted by Crippen LogP contribution is 2.21. The Hall–Kier alpha value is -2.94. The summed E-state index contributed by atoms with van der Waals surface area (Å²) in [7, 11) is 0. The summed E-state index contributed by atoms with van der Waals surface area (Å²) in [5.74, 6) is -0.274. The van der Waals surface area contributed by atoms with Crippen molar-refractivity contribution >= 4 is 40.1 Å². The van der Waals surface area contributed by atoms with Crippen LogP contribution in [0.2, 0.25) is 0 Å². The molecular formula is C13H8N4O4S. The van der Waals surface area contributed by atoms with E-state index < -0.39 is 16.0 Å². The molecule has 1 N–H and O–H groups in total. The first-order valence-electron chi connectivity index (χ1n) is 6.07. The van der Waals surface area contributed by atoms with E-state index in [1.165, 1.54) is 12.1 Å². The van der Waals surface area contributed by atoms with Crippen LogP contribution in [0.15, 0.2) is 51.0 Å². The van der Waals surface area contributed by atoms with E-state index in [0.717, 1.165) is 29.0 Å². The third-order valence-corrected chi connectivity index (χ3v) is 3.31. The normalized spacial score (nSPS) is 11.3. The van der Waals surface area contributed by atoms with E-state index in [0.29, 0.717) is 5.16 Å². The van der Waals surface area contributed by atoms with Gasteiger partial charge in [0.1, 0.15) is 4.92 Å². The number of imidazole rings is 1. The SMILES string of the molecule is O=C(N=Cc1ccc([N+](=O)[O-])o1)Sc1nc2ccccc2[nH]1. The number of thioether (sulfide) groups is 1. The van der Waals surface area contributed by atoms with Crippen molar-refractivity contribution in [1.29, 1.82) is 0 Å². The van der Waals surface area contributed by atoms with Crippen LogP contribution in [0.3, 0.4) is 0 Å². The molecule has 1 aromatic carbocycles. The van der Waals surface area contributed by atoms with Crippen molar-refractivity contribution in [3.8, 4) is 0 Å². The molecular weight excluding hydrogens is 308 g/mol. The van der Waals surface area contributed by atoms with E-state index >= 15 is 0 Å². The number of nitro groups is 1. The van der Waals surface area contributed by atoms with Gasteiger partial charge in [-0.2, -0.15) is 0 Å². The van der Waals surface area contributed by atoms with Crippen molar-refractivity contribution in [3.05, 3.63) is 52.3 Å². The number of carbonyl (C=O) groups excluding carboxylic acids is 1. The number of carbonyl (C=O) groups is 1. The van der Waals surface area contributed by atoms with Gasteiger partial charge < -0.3 is 9.40 Å². The molecule has 0 radical (unpaired) electrons. The average molecular weight is 316 g/mol. The van der Waals surface area contributed by atoms with Crippen LogP contribution >= 0.6 is 11.8 Å². The standard InChI is InChI=1S/C13H8N4O4S/c18-13(14-7-8-5-6-11(21-8)17(19)20)22-12-15-9-3-1-2-4-10(9)16-12/h1-7H,(H,15,16). The van der Waals surface area contributed by atoms with Gasteiger partial charge in [0.2, 0.25) is 0 Å². The molecule has 0 unspecified atom stereocenters. The maximum absolute atomic E-state index is 11.7. The molecule has 3 aromatic rings. The number of aromatic amines is 1. The molecule has 0 fully saturated rings. The van der Waals surface area contributed by atoms with Crippen molar-refractivity contribution in [1.82, 2.24) is 9.97 Å². The van der Waals surface area contributed by atoms with Crippen LogP contribution in [0.25, 0.3) is 11.0 Å². The summed E-state index contributed by atoms with van der Waals surface area (Å²) in [6.07, 6.45) is 1.13. The van der Waals surface area contributed by atoms with Crippen LogP contribution in [0.5, 0.6) is 0 Å². The molecule has 0 saturated carbocycles. The summed E-state index contributed by atoms with van der Waals surface area (Å²) in [5, 5.41) is 10.4. The number of amides is 1. The number of para-hydroxylation sites is 2. The van der Waals surface area contributed by atoms with E-state index in [4.69, 9.17) is 4.42 Å². The average Bonchev–Trinajstić information content (AvgIpc) is 3.11. The van der Waals surface area contributed by atoms with E-state index in [2.05, 4.69) is 15.0 Å². The summed E-state index contributed by atoms with van der Waals surface area (Å²) in [6, 6.07) is 9.94. The predicted molar refractivity (Wildman–Crippen MR) is 80.3 cm³/mol. The van der Waals surface area contributed by atoms with E-state index in [9.17, 15) is 14.9 Å². The number of nitrogens with zero attached hydrogens (tertiary/aromatic N) is 3. The first-order chi connectivity index (χ1) is 10.6. The zero-order valence-corrected chi connectivity index (χ0v) is 11.7. The van der Waals surface area contributed by atoms with Crippen LogP contribution in [0.1, 0.15) is 5.76 Å². The molecule has 0 atom stereocenters.